The molecule has 0 bridgehead atoms. The van der Waals surface area contributed by atoms with Crippen LogP contribution in [0.25, 0.3) is 0 Å². The van der Waals surface area contributed by atoms with E-state index in [0.717, 1.165) is 20.1 Å². The standard InChI is InChI=1S/C10H13Br2N5/c1-4-3-6(11)8(7(12)5(4)2)16-10(15)17-9(13)14/h3H,1-2H3,(H6,13,14,15,16,17). The van der Waals surface area contributed by atoms with Crippen LogP contribution in [0.3, 0.4) is 0 Å². The SMILES string of the molecule is Cc1cc(Br)c(N=C(N)N=C(N)N)c(Br)c1C. The lowest BCUT2D eigenvalue weighted by Crippen LogP contribution is -2.26. The molecule has 17 heavy (non-hydrogen) atoms. The molecule has 0 atom stereocenters. The Bertz CT molecular complexity index is 504. The molecule has 1 aromatic rings. The fourth-order valence-corrected chi connectivity index (χ4v) is 2.71. The van der Waals surface area contributed by atoms with Gasteiger partial charge in [0.25, 0.3) is 0 Å². The van der Waals surface area contributed by atoms with Crippen LogP contribution in [0.5, 0.6) is 0 Å². The molecule has 0 unspecified atom stereocenters. The maximum Gasteiger partial charge on any atom is 0.223 e. The highest BCUT2D eigenvalue weighted by molar-refractivity contribution is 9.11. The number of hydrogen-bond acceptors (Lipinski definition) is 1. The minimum Gasteiger partial charge on any atom is -0.370 e. The molecular formula is C10H13Br2N5. The lowest BCUT2D eigenvalue weighted by Gasteiger charge is -2.09. The first-order valence-corrected chi connectivity index (χ1v) is 6.30. The Morgan fingerprint density at radius 3 is 2.29 bits per heavy atom. The first-order valence-electron chi connectivity index (χ1n) is 4.72. The van der Waals surface area contributed by atoms with Crippen LogP contribution in [-0.4, -0.2) is 11.9 Å². The van der Waals surface area contributed by atoms with Crippen LogP contribution in [0.15, 0.2) is 25.0 Å². The predicted octanol–water partition coefficient (Wildman–Crippen LogP) is 2.05. The fraction of sp³-hybridized carbons (Fsp3) is 0.200. The summed E-state index contributed by atoms with van der Waals surface area (Å²) in [5.41, 5.74) is 18.9. The molecule has 5 nitrogen and oxygen atoms in total. The number of hydrogen-bond donors (Lipinski definition) is 3. The van der Waals surface area contributed by atoms with Crippen molar-refractivity contribution >= 4 is 49.5 Å². The minimum absolute atomic E-state index is 0.00894. The molecular weight excluding hydrogens is 350 g/mol. The van der Waals surface area contributed by atoms with Gasteiger partial charge in [0.2, 0.25) is 5.96 Å². The normalized spacial score (nSPS) is 11.4. The van der Waals surface area contributed by atoms with Crippen molar-refractivity contribution in [1.82, 2.24) is 0 Å². The zero-order valence-corrected chi connectivity index (χ0v) is 12.6. The maximum atomic E-state index is 5.59. The Morgan fingerprint density at radius 2 is 1.76 bits per heavy atom. The Kier molecular flexibility index (Phi) is 4.53. The van der Waals surface area contributed by atoms with E-state index < -0.39 is 0 Å². The number of guanidine groups is 2. The lowest BCUT2D eigenvalue weighted by atomic mass is 10.1. The molecule has 6 N–H and O–H groups in total. The largest absolute Gasteiger partial charge is 0.370 e. The van der Waals surface area contributed by atoms with Gasteiger partial charge in [-0.25, -0.2) is 4.99 Å². The van der Waals surface area contributed by atoms with Gasteiger partial charge in [0.05, 0.1) is 5.69 Å². The second-order valence-electron chi connectivity index (χ2n) is 3.47. The van der Waals surface area contributed by atoms with Gasteiger partial charge in [0.1, 0.15) is 0 Å². The van der Waals surface area contributed by atoms with E-state index in [1.54, 1.807) is 0 Å². The van der Waals surface area contributed by atoms with E-state index in [1.807, 2.05) is 19.9 Å². The number of aryl methyl sites for hydroxylation is 1. The van der Waals surface area contributed by atoms with Crippen LogP contribution in [0.4, 0.5) is 5.69 Å². The number of nitrogens with zero attached hydrogens (tertiary/aromatic N) is 2. The predicted molar refractivity (Wildman–Crippen MR) is 78.4 cm³/mol. The van der Waals surface area contributed by atoms with Crippen molar-refractivity contribution < 1.29 is 0 Å². The van der Waals surface area contributed by atoms with Crippen molar-refractivity contribution in [2.75, 3.05) is 0 Å². The van der Waals surface area contributed by atoms with Gasteiger partial charge in [0, 0.05) is 8.95 Å². The molecule has 92 valence electrons. The van der Waals surface area contributed by atoms with Crippen molar-refractivity contribution in [1.29, 1.82) is 0 Å². The van der Waals surface area contributed by atoms with E-state index in [0.29, 0.717) is 5.69 Å². The number of rotatable bonds is 1. The van der Waals surface area contributed by atoms with E-state index in [-0.39, 0.29) is 11.9 Å². The topological polar surface area (TPSA) is 103 Å². The highest BCUT2D eigenvalue weighted by atomic mass is 79.9. The minimum atomic E-state index is -0.123. The summed E-state index contributed by atoms with van der Waals surface area (Å²) in [7, 11) is 0. The first kappa shape index (κ1) is 14.0. The summed E-state index contributed by atoms with van der Waals surface area (Å²) in [6, 6.07) is 1.96. The monoisotopic (exact) mass is 361 g/mol. The third-order valence-corrected chi connectivity index (χ3v) is 3.74. The van der Waals surface area contributed by atoms with Crippen molar-refractivity contribution in [2.24, 2.45) is 27.2 Å². The Balaban J connectivity index is 3.34. The summed E-state index contributed by atoms with van der Waals surface area (Å²) >= 11 is 6.90. The molecule has 0 aromatic heterocycles. The summed E-state index contributed by atoms with van der Waals surface area (Å²) in [5.74, 6) is -0.114. The quantitative estimate of drug-likeness (QED) is 0.526. The van der Waals surface area contributed by atoms with E-state index in [2.05, 4.69) is 41.8 Å². The smallest absolute Gasteiger partial charge is 0.223 e. The molecule has 0 radical (unpaired) electrons. The summed E-state index contributed by atoms with van der Waals surface area (Å²) in [5, 5.41) is 0. The van der Waals surface area contributed by atoms with Gasteiger partial charge in [-0.15, -0.1) is 0 Å². The number of halogens is 2. The van der Waals surface area contributed by atoms with Crippen molar-refractivity contribution in [3.8, 4) is 0 Å². The van der Waals surface area contributed by atoms with Crippen LogP contribution >= 0.6 is 31.9 Å². The van der Waals surface area contributed by atoms with Gasteiger partial charge in [0.15, 0.2) is 5.96 Å². The number of benzene rings is 1. The molecule has 7 heteroatoms. The van der Waals surface area contributed by atoms with Gasteiger partial charge in [-0.05, 0) is 62.9 Å². The highest BCUT2D eigenvalue weighted by Crippen LogP contribution is 2.37. The van der Waals surface area contributed by atoms with Crippen molar-refractivity contribution in [2.45, 2.75) is 13.8 Å². The molecule has 0 saturated carbocycles. The molecule has 1 aromatic carbocycles. The van der Waals surface area contributed by atoms with Crippen molar-refractivity contribution in [3.05, 3.63) is 26.1 Å². The second kappa shape index (κ2) is 5.50. The second-order valence-corrected chi connectivity index (χ2v) is 5.12. The molecule has 0 aliphatic rings. The molecule has 0 spiro atoms. The molecule has 0 aliphatic heterocycles. The Labute approximate surface area is 116 Å². The van der Waals surface area contributed by atoms with Gasteiger partial charge in [-0.1, -0.05) is 0 Å². The van der Waals surface area contributed by atoms with Gasteiger partial charge >= 0.3 is 0 Å². The zero-order chi connectivity index (χ0) is 13.2. The summed E-state index contributed by atoms with van der Waals surface area (Å²) < 4.78 is 1.68. The van der Waals surface area contributed by atoms with Gasteiger partial charge < -0.3 is 17.2 Å². The third-order valence-electron chi connectivity index (χ3n) is 2.17. The summed E-state index contributed by atoms with van der Waals surface area (Å²) in [6.45, 7) is 4.00. The van der Waals surface area contributed by atoms with Crippen LogP contribution in [0.2, 0.25) is 0 Å². The molecule has 0 aliphatic carbocycles. The van der Waals surface area contributed by atoms with E-state index in [1.165, 1.54) is 0 Å². The molecule has 1 rings (SSSR count). The Morgan fingerprint density at radius 1 is 1.18 bits per heavy atom. The molecule has 0 fully saturated rings. The number of nitrogens with two attached hydrogens (primary N) is 3. The van der Waals surface area contributed by atoms with E-state index in [9.17, 15) is 0 Å². The zero-order valence-electron chi connectivity index (χ0n) is 9.46. The number of aliphatic imine (C=N–C) groups is 2. The molecule has 0 heterocycles. The van der Waals surface area contributed by atoms with Crippen molar-refractivity contribution in [3.63, 3.8) is 0 Å². The summed E-state index contributed by atoms with van der Waals surface area (Å²) in [4.78, 5) is 7.82. The van der Waals surface area contributed by atoms with Crippen LogP contribution < -0.4 is 17.2 Å². The first-order chi connectivity index (χ1) is 7.82. The maximum absolute atomic E-state index is 5.59. The van der Waals surface area contributed by atoms with Crippen LogP contribution in [-0.2, 0) is 0 Å². The van der Waals surface area contributed by atoms with Gasteiger partial charge in [-0.2, -0.15) is 4.99 Å². The average molecular weight is 363 g/mol. The molecule has 0 amide bonds. The lowest BCUT2D eigenvalue weighted by molar-refractivity contribution is 1.27. The van der Waals surface area contributed by atoms with Crippen LogP contribution in [0.1, 0.15) is 11.1 Å². The summed E-state index contributed by atoms with van der Waals surface area (Å²) in [6.07, 6.45) is 0. The van der Waals surface area contributed by atoms with E-state index in [4.69, 9.17) is 17.2 Å². The fourth-order valence-electron chi connectivity index (χ4n) is 1.20. The Hall–Kier alpha value is -1.08. The van der Waals surface area contributed by atoms with E-state index >= 15 is 0 Å². The molecule has 0 saturated heterocycles. The van der Waals surface area contributed by atoms with Gasteiger partial charge in [-0.3, -0.25) is 0 Å². The van der Waals surface area contributed by atoms with Crippen LogP contribution in [0, 0.1) is 13.8 Å². The highest BCUT2D eigenvalue weighted by Gasteiger charge is 2.10. The third kappa shape index (κ3) is 3.44. The average Bonchev–Trinajstić information content (AvgIpc) is 2.20.